The number of H-pyrrole nitrogens is 1. The van der Waals surface area contributed by atoms with Crippen LogP contribution in [-0.4, -0.2) is 28.1 Å². The van der Waals surface area contributed by atoms with Gasteiger partial charge in [-0.05, 0) is 18.5 Å². The fraction of sp³-hybridized carbons (Fsp3) is 0.312. The van der Waals surface area contributed by atoms with Crippen molar-refractivity contribution in [3.05, 3.63) is 41.7 Å². The molecule has 0 saturated carbocycles. The van der Waals surface area contributed by atoms with Crippen LogP contribution in [0.1, 0.15) is 24.6 Å². The van der Waals surface area contributed by atoms with Gasteiger partial charge >= 0.3 is 0 Å². The molecule has 3 rings (SSSR count). The van der Waals surface area contributed by atoms with E-state index in [0.29, 0.717) is 13.0 Å². The first-order chi connectivity index (χ1) is 10.7. The van der Waals surface area contributed by atoms with Crippen LogP contribution in [0, 0.1) is 5.92 Å². The number of carbonyl (C=O) groups excluding carboxylic acids is 1. The summed E-state index contributed by atoms with van der Waals surface area (Å²) in [6.07, 6.45) is 3.01. The Hall–Kier alpha value is -2.47. The molecular formula is C16H19N5O. The van der Waals surface area contributed by atoms with E-state index in [9.17, 15) is 4.79 Å². The molecule has 0 bridgehead atoms. The number of hydrogen-bond donors (Lipinski definition) is 3. The van der Waals surface area contributed by atoms with Crippen LogP contribution in [0.5, 0.6) is 0 Å². The van der Waals surface area contributed by atoms with Crippen molar-refractivity contribution in [2.45, 2.75) is 19.8 Å². The van der Waals surface area contributed by atoms with E-state index in [1.54, 1.807) is 6.20 Å². The first-order valence-electron chi connectivity index (χ1n) is 7.39. The van der Waals surface area contributed by atoms with E-state index in [1.165, 1.54) is 0 Å². The molecule has 4 N–H and O–H groups in total. The second-order valence-corrected chi connectivity index (χ2v) is 5.48. The van der Waals surface area contributed by atoms with Gasteiger partial charge in [0.1, 0.15) is 5.82 Å². The third kappa shape index (κ3) is 2.78. The molecule has 1 unspecified atom stereocenters. The number of nitrogens with zero attached hydrogens (tertiary/aromatic N) is 2. The molecule has 1 aliphatic heterocycles. The number of benzene rings is 1. The van der Waals surface area contributed by atoms with Gasteiger partial charge < -0.3 is 10.7 Å². The highest BCUT2D eigenvalue weighted by Crippen LogP contribution is 2.23. The molecule has 1 amide bonds. The standard InChI is InChI=1S/C16H19N5O/c1-10-8-14(22)20-21-15(10)13-9-18-16(19-13)12-5-3-2-4-11(12)6-7-17/h2-5,9-10H,6-8,17H2,1H3,(H,18,19)(H,20,22). The molecule has 2 aromatic rings. The summed E-state index contributed by atoms with van der Waals surface area (Å²) < 4.78 is 0. The lowest BCUT2D eigenvalue weighted by molar-refractivity contribution is -0.121. The molecule has 0 aliphatic carbocycles. The molecule has 0 spiro atoms. The van der Waals surface area contributed by atoms with Crippen molar-refractivity contribution in [2.24, 2.45) is 16.8 Å². The van der Waals surface area contributed by atoms with Crippen LogP contribution in [0.2, 0.25) is 0 Å². The summed E-state index contributed by atoms with van der Waals surface area (Å²) in [4.78, 5) is 19.1. The predicted molar refractivity (Wildman–Crippen MR) is 85.2 cm³/mol. The third-order valence-electron chi connectivity index (χ3n) is 3.80. The molecule has 0 fully saturated rings. The van der Waals surface area contributed by atoms with Crippen LogP contribution in [0.25, 0.3) is 11.4 Å². The maximum absolute atomic E-state index is 11.3. The predicted octanol–water partition coefficient (Wildman–Crippen LogP) is 1.44. The minimum absolute atomic E-state index is 0.0516. The van der Waals surface area contributed by atoms with Crippen LogP contribution < -0.4 is 11.2 Å². The Labute approximate surface area is 128 Å². The Morgan fingerprint density at radius 2 is 2.18 bits per heavy atom. The number of nitrogens with two attached hydrogens (primary N) is 1. The monoisotopic (exact) mass is 297 g/mol. The molecule has 1 aromatic heterocycles. The number of aromatic nitrogens is 2. The van der Waals surface area contributed by atoms with Gasteiger partial charge in [0.15, 0.2) is 0 Å². The van der Waals surface area contributed by atoms with Crippen molar-refractivity contribution >= 4 is 11.6 Å². The number of amides is 1. The summed E-state index contributed by atoms with van der Waals surface area (Å²) in [5, 5.41) is 4.15. The second-order valence-electron chi connectivity index (χ2n) is 5.48. The molecule has 0 saturated heterocycles. The summed E-state index contributed by atoms with van der Waals surface area (Å²) in [5.74, 6) is 0.816. The first kappa shape index (κ1) is 14.5. The van der Waals surface area contributed by atoms with Gasteiger partial charge in [0.2, 0.25) is 5.91 Å². The molecule has 6 heteroatoms. The maximum atomic E-state index is 11.3. The molecule has 22 heavy (non-hydrogen) atoms. The van der Waals surface area contributed by atoms with Crippen molar-refractivity contribution in [2.75, 3.05) is 6.54 Å². The van der Waals surface area contributed by atoms with Gasteiger partial charge in [-0.3, -0.25) is 4.79 Å². The Bertz CT molecular complexity index is 719. The first-order valence-corrected chi connectivity index (χ1v) is 7.39. The topological polar surface area (TPSA) is 96.2 Å². The summed E-state index contributed by atoms with van der Waals surface area (Å²) >= 11 is 0. The summed E-state index contributed by atoms with van der Waals surface area (Å²) in [7, 11) is 0. The fourth-order valence-corrected chi connectivity index (χ4v) is 2.69. The number of hydrogen-bond acceptors (Lipinski definition) is 4. The Balaban J connectivity index is 1.93. The molecule has 2 heterocycles. The zero-order valence-corrected chi connectivity index (χ0v) is 12.5. The van der Waals surface area contributed by atoms with Crippen molar-refractivity contribution in [3.8, 4) is 11.4 Å². The average molecular weight is 297 g/mol. The van der Waals surface area contributed by atoms with Crippen molar-refractivity contribution in [1.82, 2.24) is 15.4 Å². The number of hydrazone groups is 1. The molecule has 1 aliphatic rings. The Kier molecular flexibility index (Phi) is 4.02. The summed E-state index contributed by atoms with van der Waals surface area (Å²) in [6, 6.07) is 8.08. The molecule has 114 valence electrons. The minimum atomic E-state index is -0.0516. The van der Waals surface area contributed by atoms with E-state index in [1.807, 2.05) is 25.1 Å². The van der Waals surface area contributed by atoms with E-state index < -0.39 is 0 Å². The summed E-state index contributed by atoms with van der Waals surface area (Å²) in [5.41, 5.74) is 12.1. The third-order valence-corrected chi connectivity index (χ3v) is 3.80. The van der Waals surface area contributed by atoms with Gasteiger partial charge in [-0.2, -0.15) is 5.10 Å². The van der Waals surface area contributed by atoms with Crippen LogP contribution in [-0.2, 0) is 11.2 Å². The SMILES string of the molecule is CC1CC(=O)NN=C1c1cnc(-c2ccccc2CCN)[nH]1. The number of rotatable bonds is 4. The van der Waals surface area contributed by atoms with Gasteiger partial charge in [0.25, 0.3) is 0 Å². The molecule has 1 aromatic carbocycles. The Morgan fingerprint density at radius 1 is 1.36 bits per heavy atom. The van der Waals surface area contributed by atoms with E-state index >= 15 is 0 Å². The zero-order valence-electron chi connectivity index (χ0n) is 12.5. The fourth-order valence-electron chi connectivity index (χ4n) is 2.69. The molecular weight excluding hydrogens is 278 g/mol. The Morgan fingerprint density at radius 3 is 2.95 bits per heavy atom. The molecule has 0 radical (unpaired) electrons. The van der Waals surface area contributed by atoms with Crippen LogP contribution in [0.3, 0.4) is 0 Å². The molecule has 6 nitrogen and oxygen atoms in total. The van der Waals surface area contributed by atoms with Crippen LogP contribution in [0.4, 0.5) is 0 Å². The highest BCUT2D eigenvalue weighted by atomic mass is 16.2. The lowest BCUT2D eigenvalue weighted by Gasteiger charge is -2.17. The number of carbonyl (C=O) groups is 1. The van der Waals surface area contributed by atoms with Gasteiger partial charge in [-0.15, -0.1) is 0 Å². The largest absolute Gasteiger partial charge is 0.337 e. The quantitative estimate of drug-likeness (QED) is 0.796. The van der Waals surface area contributed by atoms with Crippen LogP contribution in [0.15, 0.2) is 35.6 Å². The van der Waals surface area contributed by atoms with E-state index in [0.717, 1.165) is 34.8 Å². The smallest absolute Gasteiger partial charge is 0.240 e. The van der Waals surface area contributed by atoms with Gasteiger partial charge in [0, 0.05) is 17.9 Å². The van der Waals surface area contributed by atoms with Gasteiger partial charge in [-0.25, -0.2) is 10.4 Å². The van der Waals surface area contributed by atoms with E-state index in [2.05, 4.69) is 26.6 Å². The number of nitrogens with one attached hydrogen (secondary N) is 2. The van der Waals surface area contributed by atoms with Gasteiger partial charge in [-0.1, -0.05) is 31.2 Å². The van der Waals surface area contributed by atoms with Crippen molar-refractivity contribution in [3.63, 3.8) is 0 Å². The highest BCUT2D eigenvalue weighted by molar-refractivity contribution is 6.04. The maximum Gasteiger partial charge on any atom is 0.240 e. The lowest BCUT2D eigenvalue weighted by atomic mass is 9.98. The lowest BCUT2D eigenvalue weighted by Crippen LogP contribution is -2.32. The van der Waals surface area contributed by atoms with Crippen molar-refractivity contribution in [1.29, 1.82) is 0 Å². The minimum Gasteiger partial charge on any atom is -0.337 e. The highest BCUT2D eigenvalue weighted by Gasteiger charge is 2.23. The zero-order chi connectivity index (χ0) is 15.5. The van der Waals surface area contributed by atoms with Crippen LogP contribution >= 0.6 is 0 Å². The number of imidazole rings is 1. The molecule has 1 atom stereocenters. The van der Waals surface area contributed by atoms with E-state index in [4.69, 9.17) is 5.73 Å². The number of aromatic amines is 1. The normalized spacial score (nSPS) is 18.0. The summed E-state index contributed by atoms with van der Waals surface area (Å²) in [6.45, 7) is 2.58. The average Bonchev–Trinajstić information content (AvgIpc) is 2.97. The van der Waals surface area contributed by atoms with Crippen molar-refractivity contribution < 1.29 is 4.79 Å². The van der Waals surface area contributed by atoms with Gasteiger partial charge in [0.05, 0.1) is 17.6 Å². The van der Waals surface area contributed by atoms with E-state index in [-0.39, 0.29) is 11.8 Å². The second kappa shape index (κ2) is 6.11.